The number of carbonyl (C=O) groups is 1. The zero-order chi connectivity index (χ0) is 12.7. The Morgan fingerprint density at radius 2 is 2.12 bits per heavy atom. The van der Waals surface area contributed by atoms with Crippen LogP contribution >= 0.6 is 0 Å². The van der Waals surface area contributed by atoms with Crippen molar-refractivity contribution >= 4 is 5.91 Å². The van der Waals surface area contributed by atoms with E-state index in [1.807, 2.05) is 13.0 Å². The molecule has 0 saturated carbocycles. The second-order valence-electron chi connectivity index (χ2n) is 3.97. The van der Waals surface area contributed by atoms with Gasteiger partial charge in [0.2, 0.25) is 5.91 Å². The van der Waals surface area contributed by atoms with Crippen molar-refractivity contribution in [1.29, 1.82) is 0 Å². The first-order valence-corrected chi connectivity index (χ1v) is 5.83. The average Bonchev–Trinajstić information content (AvgIpc) is 2.34. The maximum atomic E-state index is 13.4. The monoisotopic (exact) mass is 238 g/mol. The Bertz CT molecular complexity index is 368. The number of halogens is 1. The van der Waals surface area contributed by atoms with Gasteiger partial charge < -0.3 is 10.6 Å². The van der Waals surface area contributed by atoms with Gasteiger partial charge in [-0.05, 0) is 26.0 Å². The lowest BCUT2D eigenvalue weighted by Gasteiger charge is -2.14. The normalized spacial score (nSPS) is 12.2. The van der Waals surface area contributed by atoms with E-state index in [-0.39, 0.29) is 17.8 Å². The third kappa shape index (κ3) is 4.53. The quantitative estimate of drug-likeness (QED) is 0.744. The molecule has 94 valence electrons. The minimum absolute atomic E-state index is 0.0327. The van der Waals surface area contributed by atoms with Crippen LogP contribution in [-0.2, 0) is 4.79 Å². The molecular weight excluding hydrogens is 219 g/mol. The Kier molecular flexibility index (Phi) is 5.63. The molecule has 1 aromatic rings. The molecule has 0 radical (unpaired) electrons. The standard InChI is InChI=1S/C13H19FN2O/c1-10(11-6-3-4-7-12(11)14)16-9-5-8-13(17)15-2/h3-4,6-7,10,16H,5,8-9H2,1-2H3,(H,15,17)/t10-/m1/s1. The van der Waals surface area contributed by atoms with Gasteiger partial charge in [0.25, 0.3) is 0 Å². The van der Waals surface area contributed by atoms with Crippen LogP contribution < -0.4 is 10.6 Å². The molecule has 1 amide bonds. The SMILES string of the molecule is CNC(=O)CCCN[C@H](C)c1ccccc1F. The van der Waals surface area contributed by atoms with Crippen molar-refractivity contribution < 1.29 is 9.18 Å². The summed E-state index contributed by atoms with van der Waals surface area (Å²) in [6.07, 6.45) is 1.24. The Balaban J connectivity index is 2.33. The molecule has 3 nitrogen and oxygen atoms in total. The molecule has 0 unspecified atom stereocenters. The predicted octanol–water partition coefficient (Wildman–Crippen LogP) is 2.00. The summed E-state index contributed by atoms with van der Waals surface area (Å²) in [5, 5.41) is 5.77. The van der Waals surface area contributed by atoms with E-state index >= 15 is 0 Å². The highest BCUT2D eigenvalue weighted by molar-refractivity contribution is 5.75. The zero-order valence-electron chi connectivity index (χ0n) is 10.3. The van der Waals surface area contributed by atoms with E-state index in [2.05, 4.69) is 10.6 Å². The fourth-order valence-corrected chi connectivity index (χ4v) is 1.63. The van der Waals surface area contributed by atoms with E-state index < -0.39 is 0 Å². The second kappa shape index (κ2) is 7.01. The van der Waals surface area contributed by atoms with Crippen molar-refractivity contribution in [3.05, 3.63) is 35.6 Å². The molecule has 0 aliphatic rings. The molecule has 1 rings (SSSR count). The second-order valence-corrected chi connectivity index (χ2v) is 3.97. The van der Waals surface area contributed by atoms with Crippen molar-refractivity contribution in [2.24, 2.45) is 0 Å². The number of carbonyl (C=O) groups excluding carboxylic acids is 1. The van der Waals surface area contributed by atoms with E-state index in [0.717, 1.165) is 6.42 Å². The van der Waals surface area contributed by atoms with E-state index in [9.17, 15) is 9.18 Å². The Morgan fingerprint density at radius 3 is 2.76 bits per heavy atom. The lowest BCUT2D eigenvalue weighted by molar-refractivity contribution is -0.120. The van der Waals surface area contributed by atoms with Crippen LogP contribution in [0.2, 0.25) is 0 Å². The summed E-state index contributed by atoms with van der Waals surface area (Å²) >= 11 is 0. The fourth-order valence-electron chi connectivity index (χ4n) is 1.63. The molecule has 0 aromatic heterocycles. The molecule has 17 heavy (non-hydrogen) atoms. The summed E-state index contributed by atoms with van der Waals surface area (Å²) in [5.41, 5.74) is 0.660. The number of benzene rings is 1. The Hall–Kier alpha value is -1.42. The highest BCUT2D eigenvalue weighted by Crippen LogP contribution is 2.15. The van der Waals surface area contributed by atoms with Gasteiger partial charge in [-0.1, -0.05) is 18.2 Å². The molecule has 0 aliphatic carbocycles. The molecule has 0 aliphatic heterocycles. The topological polar surface area (TPSA) is 41.1 Å². The molecule has 0 heterocycles. The lowest BCUT2D eigenvalue weighted by Crippen LogP contribution is -2.23. The van der Waals surface area contributed by atoms with Gasteiger partial charge in [0.05, 0.1) is 0 Å². The summed E-state index contributed by atoms with van der Waals surface area (Å²) in [6.45, 7) is 2.61. The van der Waals surface area contributed by atoms with Crippen LogP contribution in [0.15, 0.2) is 24.3 Å². The first kappa shape index (κ1) is 13.6. The number of hydrogen-bond acceptors (Lipinski definition) is 2. The van der Waals surface area contributed by atoms with E-state index in [1.165, 1.54) is 6.07 Å². The highest BCUT2D eigenvalue weighted by atomic mass is 19.1. The Labute approximate surface area is 101 Å². The van der Waals surface area contributed by atoms with Crippen LogP contribution in [0.4, 0.5) is 4.39 Å². The average molecular weight is 238 g/mol. The number of rotatable bonds is 6. The molecule has 0 saturated heterocycles. The number of amides is 1. The molecule has 4 heteroatoms. The summed E-state index contributed by atoms with van der Waals surface area (Å²) in [4.78, 5) is 11.0. The minimum atomic E-state index is -0.196. The molecule has 0 spiro atoms. The van der Waals surface area contributed by atoms with E-state index in [4.69, 9.17) is 0 Å². The Morgan fingerprint density at radius 1 is 1.41 bits per heavy atom. The smallest absolute Gasteiger partial charge is 0.219 e. The summed E-state index contributed by atoms with van der Waals surface area (Å²) in [5.74, 6) is -0.163. The van der Waals surface area contributed by atoms with Crippen LogP contribution in [0.1, 0.15) is 31.4 Å². The molecule has 0 fully saturated rings. The maximum absolute atomic E-state index is 13.4. The van der Waals surface area contributed by atoms with E-state index in [0.29, 0.717) is 18.5 Å². The summed E-state index contributed by atoms with van der Waals surface area (Å²) in [7, 11) is 1.62. The van der Waals surface area contributed by atoms with Crippen LogP contribution in [0.5, 0.6) is 0 Å². The summed E-state index contributed by atoms with van der Waals surface area (Å²) in [6, 6.07) is 6.68. The van der Waals surface area contributed by atoms with Crippen molar-refractivity contribution in [2.75, 3.05) is 13.6 Å². The zero-order valence-corrected chi connectivity index (χ0v) is 10.3. The van der Waals surface area contributed by atoms with Gasteiger partial charge in [-0.25, -0.2) is 4.39 Å². The molecule has 1 aromatic carbocycles. The van der Waals surface area contributed by atoms with Gasteiger partial charge in [-0.2, -0.15) is 0 Å². The van der Waals surface area contributed by atoms with Gasteiger partial charge >= 0.3 is 0 Å². The van der Waals surface area contributed by atoms with Crippen LogP contribution in [-0.4, -0.2) is 19.5 Å². The van der Waals surface area contributed by atoms with Crippen molar-refractivity contribution in [3.8, 4) is 0 Å². The molecule has 1 atom stereocenters. The van der Waals surface area contributed by atoms with Gasteiger partial charge in [0.1, 0.15) is 5.82 Å². The number of nitrogens with one attached hydrogen (secondary N) is 2. The van der Waals surface area contributed by atoms with Gasteiger partial charge in [-0.3, -0.25) is 4.79 Å². The maximum Gasteiger partial charge on any atom is 0.219 e. The van der Waals surface area contributed by atoms with Crippen molar-refractivity contribution in [2.45, 2.75) is 25.8 Å². The predicted molar refractivity (Wildman–Crippen MR) is 66.1 cm³/mol. The summed E-state index contributed by atoms with van der Waals surface area (Å²) < 4.78 is 13.4. The van der Waals surface area contributed by atoms with Crippen molar-refractivity contribution in [3.63, 3.8) is 0 Å². The van der Waals surface area contributed by atoms with Crippen LogP contribution in [0.3, 0.4) is 0 Å². The van der Waals surface area contributed by atoms with Gasteiger partial charge in [-0.15, -0.1) is 0 Å². The molecule has 0 bridgehead atoms. The van der Waals surface area contributed by atoms with Gasteiger partial charge in [0, 0.05) is 25.1 Å². The highest BCUT2D eigenvalue weighted by Gasteiger charge is 2.09. The minimum Gasteiger partial charge on any atom is -0.359 e. The lowest BCUT2D eigenvalue weighted by atomic mass is 10.1. The van der Waals surface area contributed by atoms with Crippen molar-refractivity contribution in [1.82, 2.24) is 10.6 Å². The van der Waals surface area contributed by atoms with Gasteiger partial charge in [0.15, 0.2) is 0 Å². The largest absolute Gasteiger partial charge is 0.359 e. The van der Waals surface area contributed by atoms with Crippen LogP contribution in [0.25, 0.3) is 0 Å². The van der Waals surface area contributed by atoms with E-state index in [1.54, 1.807) is 19.2 Å². The first-order valence-electron chi connectivity index (χ1n) is 5.83. The third-order valence-corrected chi connectivity index (χ3v) is 2.68. The van der Waals surface area contributed by atoms with Crippen LogP contribution in [0, 0.1) is 5.82 Å². The first-order chi connectivity index (χ1) is 8.15. The molecular formula is C13H19FN2O. The fraction of sp³-hybridized carbons (Fsp3) is 0.462. The molecule has 2 N–H and O–H groups in total. The number of hydrogen-bond donors (Lipinski definition) is 2. The third-order valence-electron chi connectivity index (χ3n) is 2.68.